The highest BCUT2D eigenvalue weighted by molar-refractivity contribution is 6.32. The number of halogens is 1. The van der Waals surface area contributed by atoms with Crippen molar-refractivity contribution in [3.8, 4) is 0 Å². The molecule has 0 heterocycles. The average Bonchev–Trinajstić information content (AvgIpc) is 1.95. The Kier molecular flexibility index (Phi) is 2.07. The zero-order valence-electron chi connectivity index (χ0n) is 5.34. The van der Waals surface area contributed by atoms with E-state index in [4.69, 9.17) is 13.0 Å². The molecule has 0 unspecified atom stereocenters. The van der Waals surface area contributed by atoms with Crippen molar-refractivity contribution in [3.05, 3.63) is 29.6 Å². The SMILES string of the molecule is [B]c1ccc(CO)cc1F. The molecule has 1 N–H and O–H groups in total. The molecule has 0 aliphatic rings. The van der Waals surface area contributed by atoms with Crippen LogP contribution in [-0.2, 0) is 6.61 Å². The molecule has 0 saturated carbocycles. The van der Waals surface area contributed by atoms with Gasteiger partial charge in [-0.1, -0.05) is 17.6 Å². The van der Waals surface area contributed by atoms with Crippen molar-refractivity contribution in [1.82, 2.24) is 0 Å². The normalized spacial score (nSPS) is 9.80. The molecule has 0 amide bonds. The first kappa shape index (κ1) is 7.28. The van der Waals surface area contributed by atoms with Crippen molar-refractivity contribution in [3.63, 3.8) is 0 Å². The van der Waals surface area contributed by atoms with Crippen LogP contribution in [0.4, 0.5) is 4.39 Å². The number of aliphatic hydroxyl groups is 1. The Bertz CT molecular complexity index is 237. The Morgan fingerprint density at radius 3 is 2.70 bits per heavy atom. The first-order chi connectivity index (χ1) is 4.74. The summed E-state index contributed by atoms with van der Waals surface area (Å²) in [5, 5.41) is 8.55. The van der Waals surface area contributed by atoms with E-state index in [1.165, 1.54) is 12.1 Å². The third-order valence-electron chi connectivity index (χ3n) is 1.25. The van der Waals surface area contributed by atoms with Crippen molar-refractivity contribution in [2.45, 2.75) is 6.61 Å². The van der Waals surface area contributed by atoms with Crippen LogP contribution in [0, 0.1) is 5.82 Å². The highest BCUT2D eigenvalue weighted by Gasteiger charge is 1.96. The van der Waals surface area contributed by atoms with E-state index in [2.05, 4.69) is 0 Å². The summed E-state index contributed by atoms with van der Waals surface area (Å²) in [5.41, 5.74) is 0.643. The van der Waals surface area contributed by atoms with Crippen LogP contribution >= 0.6 is 0 Å². The molecule has 0 spiro atoms. The van der Waals surface area contributed by atoms with Gasteiger partial charge in [0.2, 0.25) is 0 Å². The van der Waals surface area contributed by atoms with E-state index in [0.29, 0.717) is 5.56 Å². The summed E-state index contributed by atoms with van der Waals surface area (Å²) in [7, 11) is 5.19. The Hall–Kier alpha value is -0.825. The Labute approximate surface area is 59.9 Å². The molecule has 2 radical (unpaired) electrons. The van der Waals surface area contributed by atoms with Gasteiger partial charge in [-0.3, -0.25) is 0 Å². The minimum atomic E-state index is -0.480. The lowest BCUT2D eigenvalue weighted by molar-refractivity contribution is 0.281. The summed E-state index contributed by atoms with van der Waals surface area (Å²) in [6.45, 7) is -0.156. The van der Waals surface area contributed by atoms with Crippen molar-refractivity contribution in [2.24, 2.45) is 0 Å². The standard InChI is InChI=1S/C7H6BFO/c8-6-2-1-5(4-10)3-7(6)9/h1-3,10H,4H2. The van der Waals surface area contributed by atoms with Crippen LogP contribution in [0.3, 0.4) is 0 Å². The molecule has 1 nitrogen and oxygen atoms in total. The van der Waals surface area contributed by atoms with E-state index in [1.54, 1.807) is 6.07 Å². The predicted octanol–water partition coefficient (Wildman–Crippen LogP) is 0.112. The third-order valence-corrected chi connectivity index (χ3v) is 1.25. The van der Waals surface area contributed by atoms with Gasteiger partial charge in [-0.05, 0) is 11.6 Å². The minimum Gasteiger partial charge on any atom is -0.392 e. The van der Waals surface area contributed by atoms with Crippen LogP contribution in [0.2, 0.25) is 0 Å². The summed E-state index contributed by atoms with van der Waals surface area (Å²) < 4.78 is 12.5. The number of hydrogen-bond acceptors (Lipinski definition) is 1. The van der Waals surface area contributed by atoms with Gasteiger partial charge in [0.25, 0.3) is 0 Å². The molecule has 0 aromatic heterocycles. The molecule has 1 rings (SSSR count). The van der Waals surface area contributed by atoms with E-state index >= 15 is 0 Å². The second-order valence-corrected chi connectivity index (χ2v) is 2.01. The number of hydrogen-bond donors (Lipinski definition) is 1. The van der Waals surface area contributed by atoms with Gasteiger partial charge in [-0.25, -0.2) is 4.39 Å². The second kappa shape index (κ2) is 2.84. The number of benzene rings is 1. The fourth-order valence-corrected chi connectivity index (χ4v) is 0.669. The first-order valence-corrected chi connectivity index (χ1v) is 2.89. The Morgan fingerprint density at radius 2 is 2.20 bits per heavy atom. The average molecular weight is 136 g/mol. The summed E-state index contributed by atoms with van der Waals surface area (Å²) in [6.07, 6.45) is 0. The molecule has 0 fully saturated rings. The van der Waals surface area contributed by atoms with E-state index < -0.39 is 5.82 Å². The van der Waals surface area contributed by atoms with E-state index in [1.807, 2.05) is 0 Å². The maximum Gasteiger partial charge on any atom is 0.117 e. The van der Waals surface area contributed by atoms with E-state index in [0.717, 1.165) is 0 Å². The lowest BCUT2D eigenvalue weighted by Gasteiger charge is -1.98. The van der Waals surface area contributed by atoms with Crippen LogP contribution < -0.4 is 5.46 Å². The van der Waals surface area contributed by atoms with Crippen molar-refractivity contribution in [1.29, 1.82) is 0 Å². The first-order valence-electron chi connectivity index (χ1n) is 2.89. The fourth-order valence-electron chi connectivity index (χ4n) is 0.669. The molecule has 10 heavy (non-hydrogen) atoms. The van der Waals surface area contributed by atoms with Crippen molar-refractivity contribution in [2.75, 3.05) is 0 Å². The van der Waals surface area contributed by atoms with E-state index in [-0.39, 0.29) is 12.1 Å². The second-order valence-electron chi connectivity index (χ2n) is 2.01. The zero-order valence-corrected chi connectivity index (χ0v) is 5.34. The van der Waals surface area contributed by atoms with Crippen LogP contribution in [0.15, 0.2) is 18.2 Å². The molecule has 0 saturated heterocycles. The lowest BCUT2D eigenvalue weighted by Crippen LogP contribution is -2.07. The number of aliphatic hydroxyl groups excluding tert-OH is 1. The van der Waals surface area contributed by atoms with Gasteiger partial charge in [-0.2, -0.15) is 0 Å². The Balaban J connectivity index is 3.04. The topological polar surface area (TPSA) is 20.2 Å². The molecule has 3 heteroatoms. The van der Waals surface area contributed by atoms with Crippen LogP contribution in [-0.4, -0.2) is 13.0 Å². The fraction of sp³-hybridized carbons (Fsp3) is 0.143. The van der Waals surface area contributed by atoms with Gasteiger partial charge in [0, 0.05) is 0 Å². The molecular weight excluding hydrogens is 130 g/mol. The van der Waals surface area contributed by atoms with Crippen molar-refractivity contribution >= 4 is 13.3 Å². The molecule has 1 aromatic rings. The molecule has 0 atom stereocenters. The van der Waals surface area contributed by atoms with Gasteiger partial charge in [0.15, 0.2) is 0 Å². The van der Waals surface area contributed by atoms with Gasteiger partial charge in [-0.15, -0.1) is 0 Å². The maximum absolute atomic E-state index is 12.5. The van der Waals surface area contributed by atoms with Crippen LogP contribution in [0.1, 0.15) is 5.56 Å². The summed E-state index contributed by atoms with van der Waals surface area (Å²) in [6, 6.07) is 4.23. The zero-order chi connectivity index (χ0) is 7.56. The molecular formula is C7H6BFO. The van der Waals surface area contributed by atoms with Crippen molar-refractivity contribution < 1.29 is 9.50 Å². The third kappa shape index (κ3) is 1.36. The monoisotopic (exact) mass is 136 g/mol. The largest absolute Gasteiger partial charge is 0.392 e. The number of rotatable bonds is 1. The highest BCUT2D eigenvalue weighted by Crippen LogP contribution is 1.99. The summed E-state index contributed by atoms with van der Waals surface area (Å²) in [5.74, 6) is -0.480. The maximum atomic E-state index is 12.5. The van der Waals surface area contributed by atoms with Gasteiger partial charge >= 0.3 is 0 Å². The quantitative estimate of drug-likeness (QED) is 0.543. The molecule has 0 aliphatic heterocycles. The molecule has 50 valence electrons. The van der Waals surface area contributed by atoms with Gasteiger partial charge in [0.1, 0.15) is 13.7 Å². The van der Waals surface area contributed by atoms with E-state index in [9.17, 15) is 4.39 Å². The highest BCUT2D eigenvalue weighted by atomic mass is 19.1. The van der Waals surface area contributed by atoms with Gasteiger partial charge < -0.3 is 5.11 Å². The smallest absolute Gasteiger partial charge is 0.117 e. The molecule has 0 bridgehead atoms. The minimum absolute atomic E-state index is 0.109. The van der Waals surface area contributed by atoms with Crippen LogP contribution in [0.5, 0.6) is 0 Å². The van der Waals surface area contributed by atoms with Crippen LogP contribution in [0.25, 0.3) is 0 Å². The molecule has 0 aliphatic carbocycles. The lowest BCUT2D eigenvalue weighted by atomic mass is 9.94. The molecule has 1 aromatic carbocycles. The predicted molar refractivity (Wildman–Crippen MR) is 37.7 cm³/mol. The summed E-state index contributed by atoms with van der Waals surface area (Å²) in [4.78, 5) is 0. The van der Waals surface area contributed by atoms with Gasteiger partial charge in [0.05, 0.1) is 6.61 Å². The Morgan fingerprint density at radius 1 is 1.50 bits per heavy atom. The summed E-state index contributed by atoms with van der Waals surface area (Å²) >= 11 is 0.